The van der Waals surface area contributed by atoms with Crippen LogP contribution >= 0.6 is 11.3 Å². The van der Waals surface area contributed by atoms with Crippen molar-refractivity contribution in [3.05, 3.63) is 80.9 Å². The van der Waals surface area contributed by atoms with Crippen molar-refractivity contribution in [3.63, 3.8) is 0 Å². The minimum atomic E-state index is -0.936. The van der Waals surface area contributed by atoms with E-state index in [-0.39, 0.29) is 21.3 Å². The first-order valence-corrected chi connectivity index (χ1v) is 11.6. The number of aryl methyl sites for hydroxylation is 3. The summed E-state index contributed by atoms with van der Waals surface area (Å²) < 4.78 is 10.1. The van der Waals surface area contributed by atoms with Crippen LogP contribution in [0.3, 0.4) is 0 Å². The molecule has 1 N–H and O–H groups in total. The Morgan fingerprint density at radius 1 is 1.06 bits per heavy atom. The Morgan fingerprint density at radius 3 is 2.34 bits per heavy atom. The van der Waals surface area contributed by atoms with Crippen LogP contribution in [0.2, 0.25) is 0 Å². The summed E-state index contributed by atoms with van der Waals surface area (Å²) in [6, 6.07) is 11.4. The summed E-state index contributed by atoms with van der Waals surface area (Å²) in [6.07, 6.45) is 0. The molecule has 1 aliphatic heterocycles. The van der Waals surface area contributed by atoms with Gasteiger partial charge in [0.2, 0.25) is 0 Å². The molecule has 0 unspecified atom stereocenters. The van der Waals surface area contributed by atoms with Crippen molar-refractivity contribution in [2.24, 2.45) is 0 Å². The van der Waals surface area contributed by atoms with Crippen LogP contribution in [0.4, 0.5) is 5.13 Å². The topological polar surface area (TPSA) is 106 Å². The fourth-order valence-corrected chi connectivity index (χ4v) is 5.05. The maximum absolute atomic E-state index is 13.3. The number of Topliss-reactive ketones (excluding diaryl/α,β-unsaturated/α-hetero) is 1. The third kappa shape index (κ3) is 4.19. The number of hydrogen-bond acceptors (Lipinski definition) is 8. The van der Waals surface area contributed by atoms with Crippen LogP contribution < -0.4 is 9.64 Å². The maximum atomic E-state index is 13.3. The van der Waals surface area contributed by atoms with Crippen molar-refractivity contribution < 1.29 is 29.0 Å². The van der Waals surface area contributed by atoms with Gasteiger partial charge in [0, 0.05) is 5.56 Å². The lowest BCUT2D eigenvalue weighted by Gasteiger charge is -2.23. The van der Waals surface area contributed by atoms with Gasteiger partial charge in [0.05, 0.1) is 31.5 Å². The number of thiazole rings is 1. The largest absolute Gasteiger partial charge is 0.507 e. The fraction of sp³-hybridized carbons (Fsp3) is 0.231. The number of carbonyl (C=O) groups is 3. The van der Waals surface area contributed by atoms with E-state index >= 15 is 0 Å². The molecule has 1 saturated heterocycles. The lowest BCUT2D eigenvalue weighted by Crippen LogP contribution is -2.29. The smallest absolute Gasteiger partial charge is 0.350 e. The summed E-state index contributed by atoms with van der Waals surface area (Å²) in [5, 5.41) is 11.4. The zero-order valence-corrected chi connectivity index (χ0v) is 20.7. The molecular weight excluding hydrogens is 468 g/mol. The molecule has 3 aromatic rings. The first kappa shape index (κ1) is 24.2. The van der Waals surface area contributed by atoms with Crippen molar-refractivity contribution >= 4 is 39.9 Å². The summed E-state index contributed by atoms with van der Waals surface area (Å²) in [6.45, 7) is 5.37. The highest BCUT2D eigenvalue weighted by molar-refractivity contribution is 7.17. The summed E-state index contributed by atoms with van der Waals surface area (Å²) in [5.74, 6) is -1.93. The third-order valence-electron chi connectivity index (χ3n) is 5.87. The highest BCUT2D eigenvalue weighted by Crippen LogP contribution is 2.44. The summed E-state index contributed by atoms with van der Waals surface area (Å²) in [5.41, 5.74) is 3.08. The predicted octanol–water partition coefficient (Wildman–Crippen LogP) is 4.49. The Morgan fingerprint density at radius 2 is 1.74 bits per heavy atom. The average molecular weight is 493 g/mol. The van der Waals surface area contributed by atoms with E-state index in [1.54, 1.807) is 44.4 Å². The number of ketones is 1. The van der Waals surface area contributed by atoms with Crippen LogP contribution in [-0.4, -0.2) is 42.0 Å². The molecule has 0 radical (unpaired) electrons. The number of hydrogen-bond donors (Lipinski definition) is 1. The predicted molar refractivity (Wildman–Crippen MR) is 132 cm³/mol. The van der Waals surface area contributed by atoms with Gasteiger partial charge in [0.25, 0.3) is 5.78 Å². The molecule has 1 aliphatic rings. The number of benzene rings is 2. The molecule has 0 bridgehead atoms. The van der Waals surface area contributed by atoms with Crippen LogP contribution in [0.15, 0.2) is 48.0 Å². The average Bonchev–Trinajstić information content (AvgIpc) is 3.35. The van der Waals surface area contributed by atoms with Gasteiger partial charge in [0.1, 0.15) is 16.4 Å². The van der Waals surface area contributed by atoms with Crippen molar-refractivity contribution in [3.8, 4) is 5.75 Å². The van der Waals surface area contributed by atoms with Crippen molar-refractivity contribution in [1.82, 2.24) is 4.98 Å². The number of aliphatic hydroxyl groups is 1. The number of carbonyl (C=O) groups excluding carboxylic acids is 3. The van der Waals surface area contributed by atoms with E-state index in [9.17, 15) is 19.5 Å². The zero-order chi connectivity index (χ0) is 25.4. The number of methoxy groups -OCH3 is 2. The molecule has 1 aromatic heterocycles. The molecule has 35 heavy (non-hydrogen) atoms. The Kier molecular flexibility index (Phi) is 6.45. The van der Waals surface area contributed by atoms with Gasteiger partial charge < -0.3 is 14.6 Å². The van der Waals surface area contributed by atoms with E-state index in [0.29, 0.717) is 22.6 Å². The molecule has 2 heterocycles. The summed E-state index contributed by atoms with van der Waals surface area (Å²) in [7, 11) is 2.81. The van der Waals surface area contributed by atoms with E-state index in [2.05, 4.69) is 4.98 Å². The molecule has 0 aliphatic carbocycles. The van der Waals surface area contributed by atoms with Crippen LogP contribution in [0.5, 0.6) is 5.75 Å². The molecule has 9 heteroatoms. The lowest BCUT2D eigenvalue weighted by molar-refractivity contribution is -0.132. The van der Waals surface area contributed by atoms with Gasteiger partial charge >= 0.3 is 11.9 Å². The molecule has 1 atom stereocenters. The van der Waals surface area contributed by atoms with E-state index in [1.807, 2.05) is 26.0 Å². The molecule has 2 aromatic carbocycles. The normalized spacial score (nSPS) is 17.1. The number of esters is 1. The van der Waals surface area contributed by atoms with E-state index < -0.39 is 23.7 Å². The van der Waals surface area contributed by atoms with Crippen LogP contribution in [0.25, 0.3) is 5.76 Å². The highest BCUT2D eigenvalue weighted by Gasteiger charge is 2.48. The number of rotatable bonds is 5. The number of anilines is 1. The van der Waals surface area contributed by atoms with Crippen molar-refractivity contribution in [2.75, 3.05) is 19.1 Å². The molecule has 4 rings (SSSR count). The first-order chi connectivity index (χ1) is 16.7. The van der Waals surface area contributed by atoms with Crippen LogP contribution in [-0.2, 0) is 14.3 Å². The Hall–Kier alpha value is -3.98. The lowest BCUT2D eigenvalue weighted by atomic mass is 9.94. The van der Waals surface area contributed by atoms with Crippen LogP contribution in [0.1, 0.15) is 43.7 Å². The quantitative estimate of drug-likeness (QED) is 0.242. The number of aromatic nitrogens is 1. The molecule has 1 amide bonds. The number of amides is 1. The highest BCUT2D eigenvalue weighted by atomic mass is 32.1. The Balaban J connectivity index is 1.93. The van der Waals surface area contributed by atoms with Gasteiger partial charge in [-0.15, -0.1) is 0 Å². The van der Waals surface area contributed by atoms with Gasteiger partial charge in [-0.1, -0.05) is 41.2 Å². The molecule has 1 fully saturated rings. The maximum Gasteiger partial charge on any atom is 0.350 e. The third-order valence-corrected chi connectivity index (χ3v) is 7.00. The standard InChI is InChI=1S/C26H24N2O6S/c1-13-6-8-16(9-7-13)20-19(21(29)17-10-11-18(33-4)14(2)12-17)22(30)24(31)28(20)26-27-15(3)23(35-26)25(32)34-5/h6-12,20,29H,1-5H3/t20-/m0/s1. The van der Waals surface area contributed by atoms with E-state index in [0.717, 1.165) is 22.5 Å². The monoisotopic (exact) mass is 492 g/mol. The number of ether oxygens (including phenoxy) is 2. The second-order valence-corrected chi connectivity index (χ2v) is 9.14. The van der Waals surface area contributed by atoms with Crippen molar-refractivity contribution in [2.45, 2.75) is 26.8 Å². The summed E-state index contributed by atoms with van der Waals surface area (Å²) in [4.78, 5) is 44.6. The fourth-order valence-electron chi connectivity index (χ4n) is 4.04. The molecule has 0 spiro atoms. The van der Waals surface area contributed by atoms with Crippen molar-refractivity contribution in [1.29, 1.82) is 0 Å². The first-order valence-electron chi connectivity index (χ1n) is 10.8. The van der Waals surface area contributed by atoms with Crippen LogP contribution in [0, 0.1) is 20.8 Å². The van der Waals surface area contributed by atoms with Gasteiger partial charge in [-0.2, -0.15) is 0 Å². The molecule has 180 valence electrons. The number of aliphatic hydroxyl groups excluding tert-OH is 1. The Bertz CT molecular complexity index is 1370. The molecule has 8 nitrogen and oxygen atoms in total. The van der Waals surface area contributed by atoms with E-state index in [1.165, 1.54) is 12.0 Å². The van der Waals surface area contributed by atoms with Gasteiger partial charge in [0.15, 0.2) is 5.13 Å². The van der Waals surface area contributed by atoms with Gasteiger partial charge in [-0.25, -0.2) is 9.78 Å². The van der Waals surface area contributed by atoms with Gasteiger partial charge in [-0.3, -0.25) is 14.5 Å². The van der Waals surface area contributed by atoms with E-state index in [4.69, 9.17) is 9.47 Å². The second kappa shape index (κ2) is 9.34. The molecule has 0 saturated carbocycles. The zero-order valence-electron chi connectivity index (χ0n) is 19.9. The van der Waals surface area contributed by atoms with Gasteiger partial charge in [-0.05, 0) is 50.1 Å². The SMILES string of the molecule is COC(=O)c1sc(N2C(=O)C(=O)C(=C(O)c3ccc(OC)c(C)c3)[C@@H]2c2ccc(C)cc2)nc1C. The summed E-state index contributed by atoms with van der Waals surface area (Å²) >= 11 is 0.960. The number of nitrogens with zero attached hydrogens (tertiary/aromatic N) is 2. The minimum absolute atomic E-state index is 0.0594. The Labute approximate surface area is 206 Å². The second-order valence-electron chi connectivity index (χ2n) is 8.17. The minimum Gasteiger partial charge on any atom is -0.507 e. The molecular formula is C26H24N2O6S.